The minimum atomic E-state index is -0.0429. The number of hydrogen-bond donors (Lipinski definition) is 1. The van der Waals surface area contributed by atoms with Gasteiger partial charge in [0.05, 0.1) is 10.1 Å². The summed E-state index contributed by atoms with van der Waals surface area (Å²) >= 11 is 3.10. The third-order valence-corrected chi connectivity index (χ3v) is 5.41. The number of nitrogens with one attached hydrogen (secondary N) is 1. The standard InChI is InChI=1S/C17H15N5OS2/c1-10-5-7-12(8-6-10)16-21-20-15(23-16)11(2)25-17-18-14(19-22-17)13-4-3-9-24-13/h3-9,11H,1-2H3,(H,18,19,22)/t11-/m1/s1. The van der Waals surface area contributed by atoms with E-state index >= 15 is 0 Å². The topological polar surface area (TPSA) is 80.5 Å². The second-order valence-electron chi connectivity index (χ2n) is 5.52. The minimum Gasteiger partial charge on any atom is -0.419 e. The van der Waals surface area contributed by atoms with E-state index in [1.807, 2.05) is 55.6 Å². The molecule has 3 aromatic heterocycles. The van der Waals surface area contributed by atoms with Crippen LogP contribution in [0.2, 0.25) is 0 Å². The molecular weight excluding hydrogens is 354 g/mol. The molecule has 0 unspecified atom stereocenters. The number of aromatic amines is 1. The zero-order valence-corrected chi connectivity index (χ0v) is 15.3. The Hall–Kier alpha value is -2.45. The normalized spacial score (nSPS) is 12.4. The highest BCUT2D eigenvalue weighted by atomic mass is 32.2. The molecule has 1 aromatic carbocycles. The van der Waals surface area contributed by atoms with Crippen molar-refractivity contribution in [2.75, 3.05) is 0 Å². The first-order chi connectivity index (χ1) is 12.2. The zero-order valence-electron chi connectivity index (χ0n) is 13.6. The van der Waals surface area contributed by atoms with Gasteiger partial charge in [0.2, 0.25) is 16.9 Å². The van der Waals surface area contributed by atoms with Crippen molar-refractivity contribution in [2.45, 2.75) is 24.3 Å². The summed E-state index contributed by atoms with van der Waals surface area (Å²) in [5, 5.41) is 18.2. The molecule has 0 aliphatic rings. The molecule has 0 fully saturated rings. The van der Waals surface area contributed by atoms with Gasteiger partial charge >= 0.3 is 0 Å². The Bertz CT molecular complexity index is 959. The number of hydrogen-bond acceptors (Lipinski definition) is 7. The van der Waals surface area contributed by atoms with Crippen LogP contribution >= 0.6 is 23.1 Å². The van der Waals surface area contributed by atoms with E-state index in [9.17, 15) is 0 Å². The average molecular weight is 369 g/mol. The van der Waals surface area contributed by atoms with Gasteiger partial charge in [0.25, 0.3) is 0 Å². The minimum absolute atomic E-state index is 0.0429. The van der Waals surface area contributed by atoms with E-state index in [0.29, 0.717) is 16.9 Å². The number of aryl methyl sites for hydroxylation is 1. The summed E-state index contributed by atoms with van der Waals surface area (Å²) in [7, 11) is 0. The van der Waals surface area contributed by atoms with E-state index in [2.05, 4.69) is 25.4 Å². The van der Waals surface area contributed by atoms with Crippen LogP contribution in [0.15, 0.2) is 51.4 Å². The molecule has 0 saturated heterocycles. The van der Waals surface area contributed by atoms with Crippen molar-refractivity contribution in [1.82, 2.24) is 25.4 Å². The summed E-state index contributed by atoms with van der Waals surface area (Å²) in [4.78, 5) is 5.57. The molecule has 0 bridgehead atoms. The molecule has 3 heterocycles. The summed E-state index contributed by atoms with van der Waals surface area (Å²) in [5.41, 5.74) is 2.11. The second kappa shape index (κ2) is 6.81. The highest BCUT2D eigenvalue weighted by Crippen LogP contribution is 2.34. The van der Waals surface area contributed by atoms with E-state index in [1.54, 1.807) is 11.3 Å². The maximum Gasteiger partial charge on any atom is 0.247 e. The van der Waals surface area contributed by atoms with Crippen molar-refractivity contribution < 1.29 is 4.42 Å². The molecular formula is C17H15N5OS2. The van der Waals surface area contributed by atoms with Crippen LogP contribution in [0, 0.1) is 6.92 Å². The van der Waals surface area contributed by atoms with Crippen molar-refractivity contribution in [3.05, 3.63) is 53.2 Å². The molecule has 4 rings (SSSR count). The average Bonchev–Trinajstić information content (AvgIpc) is 3.36. The van der Waals surface area contributed by atoms with Crippen LogP contribution in [0.3, 0.4) is 0 Å². The molecule has 4 aromatic rings. The Morgan fingerprint density at radius 3 is 2.76 bits per heavy atom. The van der Waals surface area contributed by atoms with Gasteiger partial charge in [0.15, 0.2) is 5.82 Å². The Morgan fingerprint density at radius 1 is 1.16 bits per heavy atom. The first-order valence-corrected chi connectivity index (χ1v) is 9.48. The predicted molar refractivity (Wildman–Crippen MR) is 98.4 cm³/mol. The molecule has 126 valence electrons. The smallest absolute Gasteiger partial charge is 0.247 e. The monoisotopic (exact) mass is 369 g/mol. The molecule has 0 aliphatic heterocycles. The largest absolute Gasteiger partial charge is 0.419 e. The Balaban J connectivity index is 1.48. The third-order valence-electron chi connectivity index (χ3n) is 3.59. The van der Waals surface area contributed by atoms with E-state index in [0.717, 1.165) is 16.3 Å². The predicted octanol–water partition coefficient (Wildman–Crippen LogP) is 4.74. The number of nitrogens with zero attached hydrogens (tertiary/aromatic N) is 4. The summed E-state index contributed by atoms with van der Waals surface area (Å²) in [6.45, 7) is 4.04. The first-order valence-electron chi connectivity index (χ1n) is 7.72. The molecule has 1 N–H and O–H groups in total. The van der Waals surface area contributed by atoms with Crippen LogP contribution in [0.5, 0.6) is 0 Å². The molecule has 0 radical (unpaired) electrons. The second-order valence-corrected chi connectivity index (χ2v) is 7.77. The first kappa shape index (κ1) is 16.0. The fourth-order valence-electron chi connectivity index (χ4n) is 2.24. The van der Waals surface area contributed by atoms with Crippen LogP contribution in [0.4, 0.5) is 0 Å². The van der Waals surface area contributed by atoms with Crippen LogP contribution in [0.25, 0.3) is 22.2 Å². The fraction of sp³-hybridized carbons (Fsp3) is 0.176. The highest BCUT2D eigenvalue weighted by molar-refractivity contribution is 7.99. The van der Waals surface area contributed by atoms with Gasteiger partial charge in [0.1, 0.15) is 0 Å². The van der Waals surface area contributed by atoms with E-state index < -0.39 is 0 Å². The van der Waals surface area contributed by atoms with Gasteiger partial charge in [-0.05, 0) is 37.4 Å². The van der Waals surface area contributed by atoms with Gasteiger partial charge in [-0.2, -0.15) is 0 Å². The maximum absolute atomic E-state index is 5.82. The molecule has 25 heavy (non-hydrogen) atoms. The summed E-state index contributed by atoms with van der Waals surface area (Å²) in [6, 6.07) is 12.0. The van der Waals surface area contributed by atoms with Crippen molar-refractivity contribution in [3.8, 4) is 22.2 Å². The van der Waals surface area contributed by atoms with E-state index in [-0.39, 0.29) is 5.25 Å². The number of benzene rings is 1. The Kier molecular flexibility index (Phi) is 4.37. The van der Waals surface area contributed by atoms with E-state index in [1.165, 1.54) is 17.3 Å². The summed E-state index contributed by atoms with van der Waals surface area (Å²) in [5.74, 6) is 1.86. The third kappa shape index (κ3) is 3.49. The molecule has 1 atom stereocenters. The Morgan fingerprint density at radius 2 is 2.00 bits per heavy atom. The SMILES string of the molecule is Cc1ccc(-c2nnc([C@@H](C)Sc3n[nH]c(-c4cccs4)n3)o2)cc1. The number of aromatic nitrogens is 5. The number of rotatable bonds is 5. The maximum atomic E-state index is 5.82. The molecule has 0 amide bonds. The van der Waals surface area contributed by atoms with Crippen molar-refractivity contribution in [1.29, 1.82) is 0 Å². The van der Waals surface area contributed by atoms with Gasteiger partial charge in [0, 0.05) is 5.56 Å². The highest BCUT2D eigenvalue weighted by Gasteiger charge is 2.19. The summed E-state index contributed by atoms with van der Waals surface area (Å²) < 4.78 is 5.82. The zero-order chi connectivity index (χ0) is 17.2. The van der Waals surface area contributed by atoms with Gasteiger partial charge < -0.3 is 4.42 Å². The lowest BCUT2D eigenvalue weighted by Gasteiger charge is -2.02. The van der Waals surface area contributed by atoms with E-state index in [4.69, 9.17) is 4.42 Å². The molecule has 6 nitrogen and oxygen atoms in total. The quantitative estimate of drug-likeness (QED) is 0.512. The van der Waals surface area contributed by atoms with Gasteiger partial charge in [-0.3, -0.25) is 5.10 Å². The van der Waals surface area contributed by atoms with Gasteiger partial charge in [-0.15, -0.1) is 26.6 Å². The summed E-state index contributed by atoms with van der Waals surface area (Å²) in [6.07, 6.45) is 0. The fourth-order valence-corrected chi connectivity index (χ4v) is 3.66. The van der Waals surface area contributed by atoms with Crippen molar-refractivity contribution in [3.63, 3.8) is 0 Å². The molecule has 0 spiro atoms. The lowest BCUT2D eigenvalue weighted by molar-refractivity contribution is 0.509. The van der Waals surface area contributed by atoms with Crippen LogP contribution in [0.1, 0.15) is 23.6 Å². The molecule has 8 heteroatoms. The van der Waals surface area contributed by atoms with Gasteiger partial charge in [-0.25, -0.2) is 4.98 Å². The number of thioether (sulfide) groups is 1. The van der Waals surface area contributed by atoms with Crippen molar-refractivity contribution >= 4 is 23.1 Å². The van der Waals surface area contributed by atoms with Crippen LogP contribution in [-0.2, 0) is 0 Å². The number of thiophene rings is 1. The van der Waals surface area contributed by atoms with Crippen LogP contribution in [-0.4, -0.2) is 25.4 Å². The lowest BCUT2D eigenvalue weighted by atomic mass is 10.1. The molecule has 0 saturated carbocycles. The molecule has 0 aliphatic carbocycles. The van der Waals surface area contributed by atoms with Crippen LogP contribution < -0.4 is 0 Å². The van der Waals surface area contributed by atoms with Gasteiger partial charge in [-0.1, -0.05) is 35.5 Å². The van der Waals surface area contributed by atoms with Crippen molar-refractivity contribution in [2.24, 2.45) is 0 Å². The number of H-pyrrole nitrogens is 1. The lowest BCUT2D eigenvalue weighted by Crippen LogP contribution is -1.89. The Labute approximate surface area is 152 Å².